The summed E-state index contributed by atoms with van der Waals surface area (Å²) in [5.41, 5.74) is 0.839. The zero-order chi connectivity index (χ0) is 18.2. The lowest BCUT2D eigenvalue weighted by atomic mass is 10.1. The Bertz CT molecular complexity index is 680. The number of nitrogens with zero attached hydrogens (tertiary/aromatic N) is 4. The summed E-state index contributed by atoms with van der Waals surface area (Å²) in [5, 5.41) is 6.93. The van der Waals surface area contributed by atoms with Crippen molar-refractivity contribution < 1.29 is 9.32 Å². The van der Waals surface area contributed by atoms with E-state index >= 15 is 0 Å². The van der Waals surface area contributed by atoms with E-state index in [1.165, 1.54) is 32.1 Å². The van der Waals surface area contributed by atoms with E-state index in [2.05, 4.69) is 25.3 Å². The molecule has 1 atom stereocenters. The van der Waals surface area contributed by atoms with Gasteiger partial charge in [0.25, 0.3) is 0 Å². The Morgan fingerprint density at radius 2 is 1.88 bits per heavy atom. The fraction of sp³-hybridized carbons (Fsp3) is 0.579. The van der Waals surface area contributed by atoms with Crippen molar-refractivity contribution in [1.82, 2.24) is 25.3 Å². The van der Waals surface area contributed by atoms with Gasteiger partial charge in [-0.25, -0.2) is 0 Å². The molecular formula is C19H27N5O2. The summed E-state index contributed by atoms with van der Waals surface area (Å²) in [5.74, 6) is 0.934. The summed E-state index contributed by atoms with van der Waals surface area (Å²) < 4.78 is 5.30. The van der Waals surface area contributed by atoms with Crippen LogP contribution in [0.1, 0.15) is 57.4 Å². The van der Waals surface area contributed by atoms with Crippen LogP contribution in [-0.4, -0.2) is 45.6 Å². The lowest BCUT2D eigenvalue weighted by Crippen LogP contribution is -2.33. The Hall–Kier alpha value is -2.28. The van der Waals surface area contributed by atoms with Crippen molar-refractivity contribution in [3.8, 4) is 11.4 Å². The highest BCUT2D eigenvalue weighted by atomic mass is 16.5. The van der Waals surface area contributed by atoms with Gasteiger partial charge in [-0.15, -0.1) is 0 Å². The third-order valence-electron chi connectivity index (χ3n) is 4.73. The smallest absolute Gasteiger partial charge is 0.249 e. The number of amides is 1. The van der Waals surface area contributed by atoms with Crippen LogP contribution in [0.4, 0.5) is 0 Å². The van der Waals surface area contributed by atoms with Gasteiger partial charge in [0.1, 0.15) is 6.04 Å². The maximum Gasteiger partial charge on any atom is 0.249 e. The SMILES string of the molecule is C[C@H](NC(=O)CCN1CCCCCCC1)c1nc(-c2ccncc2)no1. The Kier molecular flexibility index (Phi) is 6.71. The maximum absolute atomic E-state index is 12.3. The van der Waals surface area contributed by atoms with Crippen molar-refractivity contribution in [3.63, 3.8) is 0 Å². The molecular weight excluding hydrogens is 330 g/mol. The second kappa shape index (κ2) is 9.43. The van der Waals surface area contributed by atoms with Gasteiger partial charge in [0, 0.05) is 30.9 Å². The van der Waals surface area contributed by atoms with Crippen molar-refractivity contribution in [1.29, 1.82) is 0 Å². The molecule has 26 heavy (non-hydrogen) atoms. The average Bonchev–Trinajstić information content (AvgIpc) is 3.12. The van der Waals surface area contributed by atoms with Gasteiger partial charge >= 0.3 is 0 Å². The van der Waals surface area contributed by atoms with Gasteiger partial charge in [-0.2, -0.15) is 4.98 Å². The molecule has 2 aromatic heterocycles. The first-order valence-electron chi connectivity index (χ1n) is 9.48. The summed E-state index contributed by atoms with van der Waals surface area (Å²) in [4.78, 5) is 23.0. The first kappa shape index (κ1) is 18.5. The highest BCUT2D eigenvalue weighted by Crippen LogP contribution is 2.18. The summed E-state index contributed by atoms with van der Waals surface area (Å²) in [6, 6.07) is 3.33. The van der Waals surface area contributed by atoms with Crippen LogP contribution in [0.25, 0.3) is 11.4 Å². The molecule has 0 aromatic carbocycles. The predicted molar refractivity (Wildman–Crippen MR) is 98.2 cm³/mol. The molecule has 1 aliphatic heterocycles. The maximum atomic E-state index is 12.3. The van der Waals surface area contributed by atoms with Crippen LogP contribution in [0.2, 0.25) is 0 Å². The Morgan fingerprint density at radius 3 is 2.62 bits per heavy atom. The molecule has 1 saturated heterocycles. The first-order chi connectivity index (χ1) is 12.7. The standard InChI is InChI=1S/C19H27N5O2/c1-15(19-22-18(23-26-19)16-7-10-20-11-8-16)21-17(25)9-14-24-12-5-3-2-4-6-13-24/h7-8,10-11,15H,2-6,9,12-14H2,1H3,(H,21,25)/t15-/m0/s1. The molecule has 1 N–H and O–H groups in total. The van der Waals surface area contributed by atoms with Crippen LogP contribution < -0.4 is 5.32 Å². The molecule has 0 radical (unpaired) electrons. The number of carbonyl (C=O) groups is 1. The van der Waals surface area contributed by atoms with Crippen molar-refractivity contribution in [2.75, 3.05) is 19.6 Å². The summed E-state index contributed by atoms with van der Waals surface area (Å²) in [7, 11) is 0. The normalized spacial score (nSPS) is 17.3. The first-order valence-corrected chi connectivity index (χ1v) is 9.48. The number of rotatable bonds is 6. The van der Waals surface area contributed by atoms with Crippen LogP contribution in [0.3, 0.4) is 0 Å². The fourth-order valence-electron chi connectivity index (χ4n) is 3.20. The number of carbonyl (C=O) groups excluding carboxylic acids is 1. The predicted octanol–water partition coefficient (Wildman–Crippen LogP) is 2.97. The van der Waals surface area contributed by atoms with Gasteiger partial charge in [-0.3, -0.25) is 9.78 Å². The molecule has 0 unspecified atom stereocenters. The largest absolute Gasteiger partial charge is 0.345 e. The molecule has 140 valence electrons. The van der Waals surface area contributed by atoms with Crippen molar-refractivity contribution in [3.05, 3.63) is 30.4 Å². The number of hydrogen-bond donors (Lipinski definition) is 1. The Morgan fingerprint density at radius 1 is 1.19 bits per heavy atom. The average molecular weight is 357 g/mol. The van der Waals surface area contributed by atoms with E-state index in [-0.39, 0.29) is 11.9 Å². The van der Waals surface area contributed by atoms with Gasteiger partial charge < -0.3 is 14.7 Å². The molecule has 1 amide bonds. The third-order valence-corrected chi connectivity index (χ3v) is 4.73. The molecule has 0 bridgehead atoms. The zero-order valence-corrected chi connectivity index (χ0v) is 15.4. The minimum absolute atomic E-state index is 0.0169. The molecule has 1 fully saturated rings. The Labute approximate surface area is 154 Å². The molecule has 7 heteroatoms. The van der Waals surface area contributed by atoms with Crippen LogP contribution in [-0.2, 0) is 4.79 Å². The summed E-state index contributed by atoms with van der Waals surface area (Å²) in [6.07, 6.45) is 10.3. The van der Waals surface area contributed by atoms with E-state index in [1.807, 2.05) is 19.1 Å². The second-order valence-electron chi connectivity index (χ2n) is 6.84. The highest BCUT2D eigenvalue weighted by molar-refractivity contribution is 5.76. The monoisotopic (exact) mass is 357 g/mol. The van der Waals surface area contributed by atoms with E-state index in [0.717, 1.165) is 25.2 Å². The minimum atomic E-state index is -0.307. The molecule has 0 aliphatic carbocycles. The van der Waals surface area contributed by atoms with E-state index in [9.17, 15) is 4.79 Å². The van der Waals surface area contributed by atoms with E-state index in [0.29, 0.717) is 18.1 Å². The van der Waals surface area contributed by atoms with E-state index in [4.69, 9.17) is 4.52 Å². The van der Waals surface area contributed by atoms with Gasteiger partial charge in [0.05, 0.1) is 0 Å². The molecule has 3 rings (SSSR count). The van der Waals surface area contributed by atoms with Crippen molar-refractivity contribution >= 4 is 5.91 Å². The summed E-state index contributed by atoms with van der Waals surface area (Å²) >= 11 is 0. The number of nitrogens with one attached hydrogen (secondary N) is 1. The molecule has 2 aromatic rings. The fourth-order valence-corrected chi connectivity index (χ4v) is 3.20. The van der Waals surface area contributed by atoms with E-state index in [1.54, 1.807) is 12.4 Å². The van der Waals surface area contributed by atoms with Crippen molar-refractivity contribution in [2.24, 2.45) is 0 Å². The van der Waals surface area contributed by atoms with Crippen molar-refractivity contribution in [2.45, 2.75) is 51.5 Å². The molecule has 1 aliphatic rings. The molecule has 0 spiro atoms. The lowest BCUT2D eigenvalue weighted by Gasteiger charge is -2.24. The van der Waals surface area contributed by atoms with Gasteiger partial charge in [-0.1, -0.05) is 24.4 Å². The molecule has 7 nitrogen and oxygen atoms in total. The van der Waals surface area contributed by atoms with Crippen LogP contribution in [0, 0.1) is 0 Å². The van der Waals surface area contributed by atoms with Crippen LogP contribution in [0.15, 0.2) is 29.0 Å². The Balaban J connectivity index is 1.47. The molecule has 0 saturated carbocycles. The number of pyridine rings is 1. The lowest BCUT2D eigenvalue weighted by molar-refractivity contribution is -0.122. The number of hydrogen-bond acceptors (Lipinski definition) is 6. The van der Waals surface area contributed by atoms with Crippen LogP contribution in [0.5, 0.6) is 0 Å². The highest BCUT2D eigenvalue weighted by Gasteiger charge is 2.18. The quantitative estimate of drug-likeness (QED) is 0.856. The van der Waals surface area contributed by atoms with Crippen LogP contribution >= 0.6 is 0 Å². The number of likely N-dealkylation sites (tertiary alicyclic amines) is 1. The van der Waals surface area contributed by atoms with Gasteiger partial charge in [0.2, 0.25) is 17.6 Å². The summed E-state index contributed by atoms with van der Waals surface area (Å²) in [6.45, 7) is 4.87. The number of aromatic nitrogens is 3. The molecule has 3 heterocycles. The van der Waals surface area contributed by atoms with E-state index < -0.39 is 0 Å². The third kappa shape index (κ3) is 5.36. The zero-order valence-electron chi connectivity index (χ0n) is 15.4. The minimum Gasteiger partial charge on any atom is -0.345 e. The topological polar surface area (TPSA) is 84.2 Å². The second-order valence-corrected chi connectivity index (χ2v) is 6.84. The van der Waals surface area contributed by atoms with Gasteiger partial charge in [-0.05, 0) is 45.0 Å². The van der Waals surface area contributed by atoms with Gasteiger partial charge in [0.15, 0.2) is 0 Å².